The molecule has 2 rings (SSSR count). The molecule has 0 fully saturated rings. The highest BCUT2D eigenvalue weighted by molar-refractivity contribution is 9.10. The van der Waals surface area contributed by atoms with Gasteiger partial charge >= 0.3 is 0 Å². The highest BCUT2D eigenvalue weighted by atomic mass is 79.9. The standard InChI is InChI=1S/C13H16BrClN4O/c1-7(15)11-17-10-5-9(14)6-16-12(10)19(11)8(2)13(20)18(3)4/h5-8H,1-4H3. The van der Waals surface area contributed by atoms with Crippen LogP contribution in [0.5, 0.6) is 0 Å². The van der Waals surface area contributed by atoms with Crippen molar-refractivity contribution in [3.8, 4) is 0 Å². The van der Waals surface area contributed by atoms with Crippen molar-refractivity contribution in [3.05, 3.63) is 22.6 Å². The van der Waals surface area contributed by atoms with Crippen LogP contribution in [0, 0.1) is 0 Å². The molecule has 5 nitrogen and oxygen atoms in total. The average molecular weight is 360 g/mol. The number of hydrogen-bond donors (Lipinski definition) is 0. The molecule has 0 aliphatic rings. The summed E-state index contributed by atoms with van der Waals surface area (Å²) in [4.78, 5) is 22.7. The quantitative estimate of drug-likeness (QED) is 0.791. The first-order valence-corrected chi connectivity index (χ1v) is 7.44. The second-order valence-electron chi connectivity index (χ2n) is 4.86. The fourth-order valence-electron chi connectivity index (χ4n) is 2.12. The summed E-state index contributed by atoms with van der Waals surface area (Å²) in [5.74, 6) is 0.627. The number of amides is 1. The van der Waals surface area contributed by atoms with E-state index in [0.29, 0.717) is 11.5 Å². The molecule has 0 aromatic carbocycles. The van der Waals surface area contributed by atoms with Crippen LogP contribution < -0.4 is 0 Å². The van der Waals surface area contributed by atoms with Gasteiger partial charge in [-0.1, -0.05) is 0 Å². The number of carbonyl (C=O) groups excluding carboxylic acids is 1. The zero-order chi connectivity index (χ0) is 15.0. The van der Waals surface area contributed by atoms with E-state index in [1.54, 1.807) is 25.2 Å². The molecular formula is C13H16BrClN4O. The summed E-state index contributed by atoms with van der Waals surface area (Å²) in [6, 6.07) is 1.47. The Morgan fingerprint density at radius 2 is 2.10 bits per heavy atom. The molecule has 0 saturated carbocycles. The number of halogens is 2. The molecule has 1 amide bonds. The van der Waals surface area contributed by atoms with Gasteiger partial charge in [-0.2, -0.15) is 0 Å². The van der Waals surface area contributed by atoms with Crippen molar-refractivity contribution >= 4 is 44.6 Å². The Labute approximate surface area is 131 Å². The number of carbonyl (C=O) groups is 1. The van der Waals surface area contributed by atoms with Crippen LogP contribution in [-0.2, 0) is 4.79 Å². The van der Waals surface area contributed by atoms with E-state index in [2.05, 4.69) is 25.9 Å². The number of nitrogens with zero attached hydrogens (tertiary/aromatic N) is 4. The second kappa shape index (κ2) is 5.69. The molecule has 0 spiro atoms. The highest BCUT2D eigenvalue weighted by Crippen LogP contribution is 2.28. The molecule has 0 aliphatic carbocycles. The first-order valence-electron chi connectivity index (χ1n) is 6.21. The average Bonchev–Trinajstić information content (AvgIpc) is 2.75. The van der Waals surface area contributed by atoms with Crippen LogP contribution in [0.3, 0.4) is 0 Å². The summed E-state index contributed by atoms with van der Waals surface area (Å²) < 4.78 is 2.65. The zero-order valence-electron chi connectivity index (χ0n) is 11.8. The van der Waals surface area contributed by atoms with Gasteiger partial charge in [-0.3, -0.25) is 9.36 Å². The number of likely N-dealkylation sites (N-methyl/N-ethyl adjacent to an activating group) is 1. The van der Waals surface area contributed by atoms with Gasteiger partial charge in [0, 0.05) is 24.8 Å². The molecule has 0 bridgehead atoms. The van der Waals surface area contributed by atoms with Crippen molar-refractivity contribution < 1.29 is 4.79 Å². The lowest BCUT2D eigenvalue weighted by Gasteiger charge is -2.20. The largest absolute Gasteiger partial charge is 0.347 e. The van der Waals surface area contributed by atoms with Gasteiger partial charge in [0.05, 0.1) is 5.38 Å². The Kier molecular flexibility index (Phi) is 4.34. The molecule has 0 radical (unpaired) electrons. The van der Waals surface area contributed by atoms with Crippen molar-refractivity contribution in [2.45, 2.75) is 25.3 Å². The van der Waals surface area contributed by atoms with Crippen LogP contribution in [0.2, 0.25) is 0 Å². The van der Waals surface area contributed by atoms with Crippen molar-refractivity contribution in [3.63, 3.8) is 0 Å². The molecular weight excluding hydrogens is 344 g/mol. The minimum Gasteiger partial charge on any atom is -0.347 e. The first kappa shape index (κ1) is 15.3. The Morgan fingerprint density at radius 3 is 2.65 bits per heavy atom. The van der Waals surface area contributed by atoms with Crippen molar-refractivity contribution in [2.24, 2.45) is 0 Å². The van der Waals surface area contributed by atoms with Gasteiger partial charge in [0.25, 0.3) is 0 Å². The van der Waals surface area contributed by atoms with Gasteiger partial charge in [-0.25, -0.2) is 9.97 Å². The third-order valence-corrected chi connectivity index (χ3v) is 3.69. The van der Waals surface area contributed by atoms with Crippen LogP contribution >= 0.6 is 27.5 Å². The number of alkyl halides is 1. The zero-order valence-corrected chi connectivity index (χ0v) is 14.1. The summed E-state index contributed by atoms with van der Waals surface area (Å²) in [5.41, 5.74) is 1.39. The molecule has 2 aromatic rings. The molecule has 0 aliphatic heterocycles. The van der Waals surface area contributed by atoms with E-state index in [4.69, 9.17) is 11.6 Å². The molecule has 0 N–H and O–H groups in total. The SMILES string of the molecule is CC(Cl)c1nc2cc(Br)cnc2n1C(C)C(=O)N(C)C. The Morgan fingerprint density at radius 1 is 1.45 bits per heavy atom. The number of rotatable bonds is 3. The van der Waals surface area contributed by atoms with Crippen molar-refractivity contribution in [2.75, 3.05) is 14.1 Å². The van der Waals surface area contributed by atoms with Gasteiger partial charge in [0.15, 0.2) is 5.65 Å². The Balaban J connectivity index is 2.66. The molecule has 2 heterocycles. The monoisotopic (exact) mass is 358 g/mol. The second-order valence-corrected chi connectivity index (χ2v) is 6.43. The third-order valence-electron chi connectivity index (χ3n) is 3.07. The molecule has 2 aromatic heterocycles. The fraction of sp³-hybridized carbons (Fsp3) is 0.462. The number of pyridine rings is 1. The smallest absolute Gasteiger partial charge is 0.244 e. The summed E-state index contributed by atoms with van der Waals surface area (Å²) in [6.45, 7) is 3.66. The number of imidazole rings is 1. The fourth-order valence-corrected chi connectivity index (χ4v) is 2.59. The van der Waals surface area contributed by atoms with E-state index >= 15 is 0 Å². The predicted molar refractivity (Wildman–Crippen MR) is 82.9 cm³/mol. The molecule has 0 saturated heterocycles. The minimum absolute atomic E-state index is 0.0208. The van der Waals surface area contributed by atoms with E-state index in [1.807, 2.05) is 24.5 Å². The van der Waals surface area contributed by atoms with Crippen LogP contribution in [-0.4, -0.2) is 39.4 Å². The normalized spacial score (nSPS) is 14.3. The Bertz CT molecular complexity index is 653. The third kappa shape index (κ3) is 2.67. The van der Waals surface area contributed by atoms with Crippen LogP contribution in [0.4, 0.5) is 0 Å². The molecule has 108 valence electrons. The van der Waals surface area contributed by atoms with Gasteiger partial charge in [0.2, 0.25) is 5.91 Å². The lowest BCUT2D eigenvalue weighted by molar-refractivity contribution is -0.131. The Hall–Kier alpha value is -1.14. The number of aromatic nitrogens is 3. The van der Waals surface area contributed by atoms with Gasteiger partial charge < -0.3 is 4.90 Å². The van der Waals surface area contributed by atoms with Crippen LogP contribution in [0.1, 0.15) is 31.1 Å². The first-order chi connectivity index (χ1) is 9.32. The summed E-state index contributed by atoms with van der Waals surface area (Å²) in [7, 11) is 3.46. The minimum atomic E-state index is -0.403. The maximum atomic E-state index is 12.2. The van der Waals surface area contributed by atoms with Gasteiger partial charge in [0.1, 0.15) is 17.4 Å². The van der Waals surface area contributed by atoms with E-state index in [9.17, 15) is 4.79 Å². The molecule has 7 heteroatoms. The number of hydrogen-bond acceptors (Lipinski definition) is 3. The van der Waals surface area contributed by atoms with Gasteiger partial charge in [-0.05, 0) is 35.8 Å². The van der Waals surface area contributed by atoms with E-state index in [0.717, 1.165) is 9.99 Å². The van der Waals surface area contributed by atoms with E-state index in [-0.39, 0.29) is 11.3 Å². The van der Waals surface area contributed by atoms with E-state index in [1.165, 1.54) is 0 Å². The summed E-state index contributed by atoms with van der Waals surface area (Å²) in [6.07, 6.45) is 1.69. The maximum absolute atomic E-state index is 12.2. The molecule has 2 unspecified atom stereocenters. The molecule has 20 heavy (non-hydrogen) atoms. The van der Waals surface area contributed by atoms with Gasteiger partial charge in [-0.15, -0.1) is 11.6 Å². The lowest BCUT2D eigenvalue weighted by atomic mass is 10.2. The maximum Gasteiger partial charge on any atom is 0.244 e. The highest BCUT2D eigenvalue weighted by Gasteiger charge is 2.25. The summed E-state index contributed by atoms with van der Waals surface area (Å²) >= 11 is 9.57. The predicted octanol–water partition coefficient (Wildman–Crippen LogP) is 3.14. The van der Waals surface area contributed by atoms with Crippen LogP contribution in [0.15, 0.2) is 16.7 Å². The van der Waals surface area contributed by atoms with Crippen LogP contribution in [0.25, 0.3) is 11.2 Å². The van der Waals surface area contributed by atoms with Crippen molar-refractivity contribution in [1.29, 1.82) is 0 Å². The molecule has 2 atom stereocenters. The van der Waals surface area contributed by atoms with Crippen molar-refractivity contribution in [1.82, 2.24) is 19.4 Å². The number of fused-ring (bicyclic) bond motifs is 1. The topological polar surface area (TPSA) is 51.0 Å². The summed E-state index contributed by atoms with van der Waals surface area (Å²) in [5, 5.41) is -0.305. The van der Waals surface area contributed by atoms with E-state index < -0.39 is 6.04 Å². The lowest BCUT2D eigenvalue weighted by Crippen LogP contribution is -2.31.